The van der Waals surface area contributed by atoms with Crippen molar-refractivity contribution >= 4 is 17.5 Å². The van der Waals surface area contributed by atoms with Crippen LogP contribution in [0.2, 0.25) is 0 Å². The van der Waals surface area contributed by atoms with Crippen LogP contribution in [0.3, 0.4) is 0 Å². The molecule has 0 bridgehead atoms. The first-order chi connectivity index (χ1) is 17.9. The third kappa shape index (κ3) is 5.38. The highest BCUT2D eigenvalue weighted by Gasteiger charge is 2.34. The van der Waals surface area contributed by atoms with E-state index in [0.717, 1.165) is 61.0 Å². The number of H-pyrrole nitrogens is 1. The molecule has 3 aromatic rings. The van der Waals surface area contributed by atoms with Gasteiger partial charge in [-0.2, -0.15) is 10.2 Å². The zero-order valence-corrected chi connectivity index (χ0v) is 21.8. The number of allylic oxidation sites excluding steroid dienone is 2. The minimum atomic E-state index is -0.608. The van der Waals surface area contributed by atoms with Crippen molar-refractivity contribution in [3.8, 4) is 11.1 Å². The van der Waals surface area contributed by atoms with E-state index in [1.165, 1.54) is 0 Å². The van der Waals surface area contributed by atoms with Crippen LogP contribution in [0.25, 0.3) is 11.1 Å². The highest BCUT2D eigenvalue weighted by Crippen LogP contribution is 2.32. The second kappa shape index (κ2) is 10.7. The van der Waals surface area contributed by atoms with Crippen molar-refractivity contribution in [3.05, 3.63) is 65.8 Å². The van der Waals surface area contributed by atoms with Crippen molar-refractivity contribution in [3.63, 3.8) is 0 Å². The lowest BCUT2D eigenvalue weighted by molar-refractivity contribution is -0.119. The number of anilines is 1. The predicted octanol–water partition coefficient (Wildman–Crippen LogP) is 5.34. The number of amides is 2. The average Bonchev–Trinajstić information content (AvgIpc) is 3.65. The van der Waals surface area contributed by atoms with E-state index in [1.54, 1.807) is 16.9 Å². The maximum Gasteiger partial charge on any atom is 0.270 e. The molecule has 37 heavy (non-hydrogen) atoms. The van der Waals surface area contributed by atoms with Gasteiger partial charge in [0.1, 0.15) is 11.7 Å². The third-order valence-corrected chi connectivity index (χ3v) is 7.90. The summed E-state index contributed by atoms with van der Waals surface area (Å²) in [6.45, 7) is 6.23. The lowest BCUT2D eigenvalue weighted by atomic mass is 9.79. The molecule has 8 nitrogen and oxygen atoms in total. The Balaban J connectivity index is 1.33. The fourth-order valence-electron chi connectivity index (χ4n) is 5.74. The normalized spacial score (nSPS) is 20.6. The molecule has 2 aromatic heterocycles. The Morgan fingerprint density at radius 1 is 1.03 bits per heavy atom. The number of benzene rings is 1. The van der Waals surface area contributed by atoms with E-state index in [0.29, 0.717) is 17.3 Å². The quantitative estimate of drug-likeness (QED) is 0.381. The average molecular weight is 501 g/mol. The van der Waals surface area contributed by atoms with Gasteiger partial charge in [0.05, 0.1) is 11.7 Å². The van der Waals surface area contributed by atoms with Crippen LogP contribution in [0, 0.1) is 25.7 Å². The number of rotatable bonds is 7. The number of aromatic nitrogens is 4. The van der Waals surface area contributed by atoms with Gasteiger partial charge in [0, 0.05) is 23.1 Å². The van der Waals surface area contributed by atoms with Crippen LogP contribution in [0.1, 0.15) is 73.4 Å². The number of nitrogens with one attached hydrogen (secondary N) is 3. The maximum atomic E-state index is 13.6. The molecule has 5 rings (SSSR count). The molecule has 2 amide bonds. The fourth-order valence-corrected chi connectivity index (χ4v) is 5.74. The number of hydrogen-bond acceptors (Lipinski definition) is 4. The summed E-state index contributed by atoms with van der Waals surface area (Å²) >= 11 is 0. The van der Waals surface area contributed by atoms with Crippen LogP contribution >= 0.6 is 0 Å². The van der Waals surface area contributed by atoms with Crippen molar-refractivity contribution < 1.29 is 9.59 Å². The number of carbonyl (C=O) groups is 2. The van der Waals surface area contributed by atoms with Gasteiger partial charge in [-0.05, 0) is 75.1 Å². The zero-order chi connectivity index (χ0) is 25.9. The van der Waals surface area contributed by atoms with Gasteiger partial charge in [-0.1, -0.05) is 44.1 Å². The zero-order valence-electron chi connectivity index (χ0n) is 21.8. The molecule has 1 fully saturated rings. The third-order valence-electron chi connectivity index (χ3n) is 7.90. The van der Waals surface area contributed by atoms with E-state index in [-0.39, 0.29) is 23.8 Å². The first kappa shape index (κ1) is 25.0. The van der Waals surface area contributed by atoms with Gasteiger partial charge in [-0.3, -0.25) is 19.4 Å². The summed E-state index contributed by atoms with van der Waals surface area (Å²) in [5.41, 5.74) is 5.28. The molecule has 2 aliphatic rings. The molecule has 0 unspecified atom stereocenters. The van der Waals surface area contributed by atoms with Crippen LogP contribution < -0.4 is 10.6 Å². The first-order valence-electron chi connectivity index (χ1n) is 13.3. The molecule has 194 valence electrons. The van der Waals surface area contributed by atoms with E-state index in [9.17, 15) is 9.59 Å². The predicted molar refractivity (Wildman–Crippen MR) is 144 cm³/mol. The Morgan fingerprint density at radius 3 is 2.38 bits per heavy atom. The highest BCUT2D eigenvalue weighted by atomic mass is 16.2. The summed E-state index contributed by atoms with van der Waals surface area (Å²) in [5, 5.41) is 17.9. The summed E-state index contributed by atoms with van der Waals surface area (Å²) in [5.74, 6) is 0.323. The summed E-state index contributed by atoms with van der Waals surface area (Å²) < 4.78 is 1.80. The minimum Gasteiger partial charge on any atom is -0.339 e. The fraction of sp³-hybridized carbons (Fsp3) is 0.448. The van der Waals surface area contributed by atoms with Gasteiger partial charge in [0.15, 0.2) is 0 Å². The van der Waals surface area contributed by atoms with Crippen molar-refractivity contribution in [1.29, 1.82) is 0 Å². The van der Waals surface area contributed by atoms with E-state index >= 15 is 0 Å². The van der Waals surface area contributed by atoms with Crippen LogP contribution in [0.4, 0.5) is 5.69 Å². The van der Waals surface area contributed by atoms with Crippen LogP contribution in [-0.4, -0.2) is 37.8 Å². The molecule has 1 atom stereocenters. The van der Waals surface area contributed by atoms with E-state index in [4.69, 9.17) is 0 Å². The molecule has 0 spiro atoms. The van der Waals surface area contributed by atoms with Gasteiger partial charge in [-0.15, -0.1) is 0 Å². The SMILES string of the molecule is Cc1n[nH]c(C)c1-c1ccc(NC(=O)[C@@H](NC(=O)c2ccnn2C2CC=CC2)C2CCC(C)CC2)cc1. The van der Waals surface area contributed by atoms with Crippen molar-refractivity contribution in [2.75, 3.05) is 5.32 Å². The summed E-state index contributed by atoms with van der Waals surface area (Å²) in [6.07, 6.45) is 11.6. The van der Waals surface area contributed by atoms with Crippen LogP contribution in [0.5, 0.6) is 0 Å². The Kier molecular flexibility index (Phi) is 7.26. The van der Waals surface area contributed by atoms with Crippen molar-refractivity contribution in [1.82, 2.24) is 25.3 Å². The minimum absolute atomic E-state index is 0.0974. The molecule has 3 N–H and O–H groups in total. The van der Waals surface area contributed by atoms with E-state index in [1.807, 2.05) is 38.1 Å². The smallest absolute Gasteiger partial charge is 0.270 e. The number of aryl methyl sites for hydroxylation is 2. The second-order valence-electron chi connectivity index (χ2n) is 10.6. The molecule has 0 aliphatic heterocycles. The van der Waals surface area contributed by atoms with E-state index < -0.39 is 6.04 Å². The highest BCUT2D eigenvalue weighted by molar-refractivity contribution is 6.00. The molecule has 0 radical (unpaired) electrons. The summed E-state index contributed by atoms with van der Waals surface area (Å²) in [7, 11) is 0. The van der Waals surface area contributed by atoms with Crippen molar-refractivity contribution in [2.24, 2.45) is 11.8 Å². The molecule has 0 saturated heterocycles. The number of nitrogens with zero attached hydrogens (tertiary/aromatic N) is 3. The van der Waals surface area contributed by atoms with Gasteiger partial charge in [0.2, 0.25) is 5.91 Å². The molecule has 8 heteroatoms. The standard InChI is InChI=1S/C29H36N6O2/c1-18-8-10-22(11-9-18)27(32-28(36)25-16-17-30-35(25)24-6-4-5-7-24)29(37)31-23-14-12-21(13-15-23)26-19(2)33-34-20(26)3/h4-5,12-18,22,24,27H,6-11H2,1-3H3,(H,31,37)(H,32,36)(H,33,34)/t18?,22?,27-/m0/s1. The Labute approximate surface area is 217 Å². The van der Waals surface area contributed by atoms with Gasteiger partial charge < -0.3 is 10.6 Å². The molecular formula is C29H36N6O2. The topological polar surface area (TPSA) is 105 Å². The second-order valence-corrected chi connectivity index (χ2v) is 10.6. The van der Waals surface area contributed by atoms with Gasteiger partial charge in [0.25, 0.3) is 5.91 Å². The van der Waals surface area contributed by atoms with Crippen LogP contribution in [0.15, 0.2) is 48.7 Å². The molecule has 1 saturated carbocycles. The lowest BCUT2D eigenvalue weighted by Gasteiger charge is -2.32. The number of aromatic amines is 1. The molecular weight excluding hydrogens is 464 g/mol. The molecule has 2 aliphatic carbocycles. The lowest BCUT2D eigenvalue weighted by Crippen LogP contribution is -2.49. The molecule has 1 aromatic carbocycles. The maximum absolute atomic E-state index is 13.6. The first-order valence-corrected chi connectivity index (χ1v) is 13.3. The largest absolute Gasteiger partial charge is 0.339 e. The monoisotopic (exact) mass is 500 g/mol. The number of carbonyl (C=O) groups excluding carboxylic acids is 2. The molecule has 2 heterocycles. The van der Waals surface area contributed by atoms with Crippen LogP contribution in [-0.2, 0) is 4.79 Å². The van der Waals surface area contributed by atoms with Gasteiger partial charge in [-0.25, -0.2) is 0 Å². The van der Waals surface area contributed by atoms with Crippen molar-refractivity contribution in [2.45, 2.75) is 71.4 Å². The summed E-state index contributed by atoms with van der Waals surface area (Å²) in [6, 6.07) is 9.08. The number of hydrogen-bond donors (Lipinski definition) is 3. The van der Waals surface area contributed by atoms with Gasteiger partial charge >= 0.3 is 0 Å². The summed E-state index contributed by atoms with van der Waals surface area (Å²) in [4.78, 5) is 27.0. The van der Waals surface area contributed by atoms with E-state index in [2.05, 4.69) is 45.0 Å². The Bertz CT molecular complexity index is 1250. The Morgan fingerprint density at radius 2 is 1.73 bits per heavy atom. The Hall–Kier alpha value is -3.68.